The largest absolute Gasteiger partial charge is 0.494 e. The summed E-state index contributed by atoms with van der Waals surface area (Å²) in [5.74, 6) is 1.93. The zero-order valence-electron chi connectivity index (χ0n) is 18.3. The first kappa shape index (κ1) is 21.4. The molecule has 7 nitrogen and oxygen atoms in total. The van der Waals surface area contributed by atoms with Crippen molar-refractivity contribution in [2.75, 3.05) is 26.2 Å². The number of rotatable bonds is 9. The minimum Gasteiger partial charge on any atom is -0.494 e. The van der Waals surface area contributed by atoms with Crippen molar-refractivity contribution in [3.05, 3.63) is 42.0 Å². The molecule has 31 heavy (non-hydrogen) atoms. The third-order valence-electron chi connectivity index (χ3n) is 6.44. The Morgan fingerprint density at radius 3 is 2.48 bits per heavy atom. The fourth-order valence-electron chi connectivity index (χ4n) is 5.07. The number of fused-ring (bicyclic) bond motifs is 5. The fourth-order valence-corrected chi connectivity index (χ4v) is 5.07. The van der Waals surface area contributed by atoms with E-state index in [1.807, 2.05) is 38.1 Å². The molecule has 1 aromatic carbocycles. The van der Waals surface area contributed by atoms with Crippen molar-refractivity contribution in [1.29, 1.82) is 0 Å². The first-order chi connectivity index (χ1) is 15.1. The minimum atomic E-state index is -0.111. The lowest BCUT2D eigenvalue weighted by Gasteiger charge is -2.18. The molecule has 0 aromatic heterocycles. The average Bonchev–Trinajstić information content (AvgIpc) is 3.45. The predicted octanol–water partition coefficient (Wildman–Crippen LogP) is 2.34. The summed E-state index contributed by atoms with van der Waals surface area (Å²) < 4.78 is 5.67. The van der Waals surface area contributed by atoms with Gasteiger partial charge in [0.15, 0.2) is 5.96 Å². The predicted molar refractivity (Wildman–Crippen MR) is 119 cm³/mol. The molecule has 166 valence electrons. The van der Waals surface area contributed by atoms with Crippen LogP contribution in [0.1, 0.15) is 32.3 Å². The molecule has 1 aliphatic heterocycles. The molecule has 4 atom stereocenters. The quantitative estimate of drug-likeness (QED) is 0.209. The van der Waals surface area contributed by atoms with Gasteiger partial charge in [-0.05, 0) is 44.6 Å². The summed E-state index contributed by atoms with van der Waals surface area (Å²) in [6.45, 7) is 6.96. The third-order valence-corrected chi connectivity index (χ3v) is 6.44. The van der Waals surface area contributed by atoms with Crippen LogP contribution in [0.5, 0.6) is 5.75 Å². The molecule has 4 rings (SSSR count). The highest BCUT2D eigenvalue weighted by Gasteiger charge is 2.58. The Balaban J connectivity index is 1.28. The Bertz CT molecular complexity index is 851. The smallest absolute Gasteiger partial charge is 0.233 e. The second-order valence-corrected chi connectivity index (χ2v) is 8.34. The summed E-state index contributed by atoms with van der Waals surface area (Å²) >= 11 is 0. The summed E-state index contributed by atoms with van der Waals surface area (Å²) in [6, 6.07) is 7.91. The lowest BCUT2D eigenvalue weighted by atomic mass is 9.85. The van der Waals surface area contributed by atoms with Gasteiger partial charge in [-0.3, -0.25) is 14.5 Å². The van der Waals surface area contributed by atoms with Gasteiger partial charge in [-0.1, -0.05) is 30.4 Å². The Morgan fingerprint density at radius 1 is 1.10 bits per heavy atom. The van der Waals surface area contributed by atoms with Crippen LogP contribution in [-0.2, 0) is 16.1 Å². The van der Waals surface area contributed by atoms with Crippen LogP contribution in [0.2, 0.25) is 0 Å². The molecular formula is C24H32N4O3. The van der Waals surface area contributed by atoms with E-state index in [2.05, 4.69) is 27.8 Å². The number of para-hydroxylation sites is 1. The van der Waals surface area contributed by atoms with Gasteiger partial charge in [0.2, 0.25) is 11.8 Å². The number of hydrogen-bond donors (Lipinski definition) is 2. The number of nitrogens with one attached hydrogen (secondary N) is 2. The van der Waals surface area contributed by atoms with Crippen molar-refractivity contribution in [2.45, 2.75) is 33.2 Å². The van der Waals surface area contributed by atoms with Gasteiger partial charge in [0.05, 0.1) is 25.0 Å². The van der Waals surface area contributed by atoms with Gasteiger partial charge in [0, 0.05) is 25.2 Å². The molecule has 2 N–H and O–H groups in total. The summed E-state index contributed by atoms with van der Waals surface area (Å²) in [7, 11) is 0. The number of aliphatic imine (C=N–C) groups is 1. The van der Waals surface area contributed by atoms with Crippen LogP contribution >= 0.6 is 0 Å². The van der Waals surface area contributed by atoms with E-state index in [9.17, 15) is 9.59 Å². The number of imide groups is 1. The van der Waals surface area contributed by atoms with E-state index in [1.165, 1.54) is 4.90 Å². The van der Waals surface area contributed by atoms with E-state index in [4.69, 9.17) is 4.74 Å². The molecule has 1 aromatic rings. The Morgan fingerprint density at radius 2 is 1.81 bits per heavy atom. The van der Waals surface area contributed by atoms with Crippen LogP contribution in [0, 0.1) is 23.7 Å². The van der Waals surface area contributed by atoms with E-state index in [1.54, 1.807) is 0 Å². The molecule has 7 heteroatoms. The van der Waals surface area contributed by atoms with E-state index < -0.39 is 0 Å². The van der Waals surface area contributed by atoms with E-state index >= 15 is 0 Å². The van der Waals surface area contributed by atoms with Crippen LogP contribution in [-0.4, -0.2) is 48.9 Å². The van der Waals surface area contributed by atoms with Gasteiger partial charge in [0.1, 0.15) is 5.75 Å². The van der Waals surface area contributed by atoms with Gasteiger partial charge in [-0.25, -0.2) is 4.99 Å². The van der Waals surface area contributed by atoms with Crippen molar-refractivity contribution in [3.8, 4) is 5.75 Å². The number of carbonyl (C=O) groups is 2. The minimum absolute atomic E-state index is 0.0277. The van der Waals surface area contributed by atoms with Gasteiger partial charge >= 0.3 is 0 Å². The number of carbonyl (C=O) groups excluding carboxylic acids is 2. The van der Waals surface area contributed by atoms with Gasteiger partial charge in [0.25, 0.3) is 0 Å². The zero-order valence-corrected chi connectivity index (χ0v) is 18.3. The van der Waals surface area contributed by atoms with E-state index in [0.29, 0.717) is 38.6 Å². The number of hydrogen-bond acceptors (Lipinski definition) is 4. The van der Waals surface area contributed by atoms with Crippen LogP contribution in [0.3, 0.4) is 0 Å². The Hall–Kier alpha value is -2.83. The lowest BCUT2D eigenvalue weighted by molar-refractivity contribution is -0.140. The Kier molecular flexibility index (Phi) is 6.59. The molecule has 1 saturated heterocycles. The van der Waals surface area contributed by atoms with Crippen molar-refractivity contribution < 1.29 is 14.3 Å². The second-order valence-electron chi connectivity index (χ2n) is 8.34. The molecule has 2 fully saturated rings. The topological polar surface area (TPSA) is 83.0 Å². The number of amides is 2. The van der Waals surface area contributed by atoms with Gasteiger partial charge < -0.3 is 15.4 Å². The number of likely N-dealkylation sites (tertiary alicyclic amines) is 1. The summed E-state index contributed by atoms with van der Waals surface area (Å²) in [6.07, 6.45) is 5.92. The maximum atomic E-state index is 12.8. The fraction of sp³-hybridized carbons (Fsp3) is 0.542. The molecule has 2 bridgehead atoms. The maximum Gasteiger partial charge on any atom is 0.233 e. The number of benzene rings is 1. The molecule has 2 amide bonds. The van der Waals surface area contributed by atoms with Crippen molar-refractivity contribution in [3.63, 3.8) is 0 Å². The normalized spacial score (nSPS) is 26.5. The number of allylic oxidation sites excluding steroid dienone is 2. The summed E-state index contributed by atoms with van der Waals surface area (Å²) in [4.78, 5) is 31.7. The van der Waals surface area contributed by atoms with E-state index in [-0.39, 0.29) is 35.5 Å². The van der Waals surface area contributed by atoms with Crippen molar-refractivity contribution in [1.82, 2.24) is 15.5 Å². The van der Waals surface area contributed by atoms with Crippen LogP contribution in [0.25, 0.3) is 0 Å². The van der Waals surface area contributed by atoms with Crippen LogP contribution in [0.15, 0.2) is 41.4 Å². The summed E-state index contributed by atoms with van der Waals surface area (Å²) in [5, 5.41) is 6.56. The van der Waals surface area contributed by atoms with Gasteiger partial charge in [-0.15, -0.1) is 0 Å². The first-order valence-electron chi connectivity index (χ1n) is 11.4. The lowest BCUT2D eigenvalue weighted by Crippen LogP contribution is -2.40. The van der Waals surface area contributed by atoms with Crippen molar-refractivity contribution in [2.24, 2.45) is 28.7 Å². The van der Waals surface area contributed by atoms with Gasteiger partial charge in [-0.2, -0.15) is 0 Å². The molecular weight excluding hydrogens is 392 g/mol. The number of guanidine groups is 1. The monoisotopic (exact) mass is 424 g/mol. The van der Waals surface area contributed by atoms with Crippen molar-refractivity contribution >= 4 is 17.8 Å². The average molecular weight is 425 g/mol. The van der Waals surface area contributed by atoms with Crippen LogP contribution < -0.4 is 15.4 Å². The molecule has 2 aliphatic carbocycles. The molecule has 1 saturated carbocycles. The number of nitrogens with zero attached hydrogens (tertiary/aromatic N) is 2. The summed E-state index contributed by atoms with van der Waals surface area (Å²) in [5.41, 5.74) is 1.03. The first-order valence-corrected chi connectivity index (χ1v) is 11.4. The molecule has 0 radical (unpaired) electrons. The highest BCUT2D eigenvalue weighted by molar-refractivity contribution is 6.06. The standard InChI is InChI=1S/C24H32N4O3/c1-3-25-24(27-15-18-8-5-6-9-19(18)31-4-2)26-12-7-13-28-22(29)20-16-10-11-17(14-16)21(20)23(28)30/h5-6,8-11,16-17,20-21H,3-4,7,12-15H2,1-2H3,(H2,25,26,27). The second kappa shape index (κ2) is 9.54. The van der Waals surface area contributed by atoms with E-state index in [0.717, 1.165) is 24.3 Å². The molecule has 4 unspecified atom stereocenters. The maximum absolute atomic E-state index is 12.8. The molecule has 0 spiro atoms. The highest BCUT2D eigenvalue weighted by Crippen LogP contribution is 2.52. The zero-order chi connectivity index (χ0) is 21.8. The van der Waals surface area contributed by atoms with Crippen LogP contribution in [0.4, 0.5) is 0 Å². The number of ether oxygens (including phenoxy) is 1. The molecule has 1 heterocycles. The third kappa shape index (κ3) is 4.31. The highest BCUT2D eigenvalue weighted by atomic mass is 16.5. The SMILES string of the molecule is CCNC(=NCc1ccccc1OCC)NCCCN1C(=O)C2C3C=CC(C3)C2C1=O. The Labute approximate surface area is 183 Å². The molecule has 3 aliphatic rings.